The summed E-state index contributed by atoms with van der Waals surface area (Å²) in [5.74, 6) is -0.302. The van der Waals surface area contributed by atoms with Gasteiger partial charge in [0.15, 0.2) is 6.10 Å². The Labute approximate surface area is 196 Å². The summed E-state index contributed by atoms with van der Waals surface area (Å²) < 4.78 is 21.5. The van der Waals surface area contributed by atoms with E-state index in [0.29, 0.717) is 39.0 Å². The Bertz CT molecular complexity index is 1190. The number of fused-ring (bicyclic) bond motifs is 1. The van der Waals surface area contributed by atoms with Crippen LogP contribution in [0.4, 0.5) is 0 Å². The zero-order chi connectivity index (χ0) is 24.0. The van der Waals surface area contributed by atoms with Gasteiger partial charge in [0.1, 0.15) is 11.5 Å². The summed E-state index contributed by atoms with van der Waals surface area (Å²) in [7, 11) is 0. The van der Waals surface area contributed by atoms with Crippen molar-refractivity contribution in [2.24, 2.45) is 0 Å². The lowest BCUT2D eigenvalue weighted by molar-refractivity contribution is -0.155. The molecule has 0 aliphatic heterocycles. The Balaban J connectivity index is 1.61. The fourth-order valence-electron chi connectivity index (χ4n) is 2.70. The van der Waals surface area contributed by atoms with Crippen LogP contribution >= 0.6 is 11.6 Å². The van der Waals surface area contributed by atoms with E-state index in [1.54, 1.807) is 63.2 Å². The maximum Gasteiger partial charge on any atom is 0.374 e. The van der Waals surface area contributed by atoms with E-state index in [4.69, 9.17) is 30.5 Å². The number of aromatic nitrogens is 2. The molecular weight excluding hydrogens is 448 g/mol. The molecule has 0 aliphatic rings. The highest BCUT2D eigenvalue weighted by atomic mass is 35.5. The van der Waals surface area contributed by atoms with E-state index in [1.165, 1.54) is 13.1 Å². The van der Waals surface area contributed by atoms with Crippen LogP contribution in [0, 0.1) is 0 Å². The van der Waals surface area contributed by atoms with Gasteiger partial charge in [-0.3, -0.25) is 0 Å². The van der Waals surface area contributed by atoms with E-state index < -0.39 is 18.0 Å². The lowest BCUT2D eigenvalue weighted by Gasteiger charge is -2.16. The number of rotatable bonds is 8. The molecule has 3 aromatic rings. The average molecular weight is 471 g/mol. The first kappa shape index (κ1) is 24.0. The van der Waals surface area contributed by atoms with Gasteiger partial charge in [-0.1, -0.05) is 11.6 Å². The number of carbonyl (C=O) groups is 2. The van der Waals surface area contributed by atoms with Crippen LogP contribution in [0.2, 0.25) is 5.02 Å². The van der Waals surface area contributed by atoms with Gasteiger partial charge in [0.2, 0.25) is 11.6 Å². The number of carbonyl (C=O) groups excluding carboxylic acids is 2. The third-order valence-electron chi connectivity index (χ3n) is 4.29. The highest BCUT2D eigenvalue weighted by molar-refractivity contribution is 6.31. The molecule has 8 nitrogen and oxygen atoms in total. The second kappa shape index (κ2) is 10.8. The highest BCUT2D eigenvalue weighted by Gasteiger charge is 2.23. The first-order valence-electron chi connectivity index (χ1n) is 10.2. The molecule has 33 heavy (non-hydrogen) atoms. The van der Waals surface area contributed by atoms with Crippen molar-refractivity contribution in [2.45, 2.75) is 33.8 Å². The van der Waals surface area contributed by atoms with Crippen molar-refractivity contribution in [1.29, 1.82) is 0 Å². The maximum absolute atomic E-state index is 12.4. The SMILES string of the molecule is CCOC(=O)C(OC(=O)C(C)Oc1ccc(Oc2cnc3cc(Cl)ccc3n2)cc1)=C(C)C. The molecule has 0 radical (unpaired) electrons. The number of nitrogens with zero attached hydrogens (tertiary/aromatic N) is 2. The smallest absolute Gasteiger partial charge is 0.374 e. The molecule has 0 spiro atoms. The number of benzene rings is 2. The fourth-order valence-corrected chi connectivity index (χ4v) is 2.87. The van der Waals surface area contributed by atoms with E-state index in [1.807, 2.05) is 0 Å². The van der Waals surface area contributed by atoms with E-state index >= 15 is 0 Å². The third kappa shape index (κ3) is 6.43. The third-order valence-corrected chi connectivity index (χ3v) is 4.53. The van der Waals surface area contributed by atoms with Gasteiger partial charge in [-0.2, -0.15) is 0 Å². The molecule has 9 heteroatoms. The molecule has 1 atom stereocenters. The highest BCUT2D eigenvalue weighted by Crippen LogP contribution is 2.25. The summed E-state index contributed by atoms with van der Waals surface area (Å²) in [6, 6.07) is 11.8. The van der Waals surface area contributed by atoms with Crippen molar-refractivity contribution in [2.75, 3.05) is 6.61 Å². The lowest BCUT2D eigenvalue weighted by atomic mass is 10.3. The number of ether oxygens (including phenoxy) is 4. The number of allylic oxidation sites excluding steroid dienone is 1. The minimum absolute atomic E-state index is 0.139. The summed E-state index contributed by atoms with van der Waals surface area (Å²) in [5.41, 5.74) is 1.84. The molecule has 1 heterocycles. The monoisotopic (exact) mass is 470 g/mol. The quantitative estimate of drug-likeness (QED) is 0.250. The van der Waals surface area contributed by atoms with Gasteiger partial charge in [0.05, 0.1) is 23.8 Å². The van der Waals surface area contributed by atoms with E-state index in [0.717, 1.165) is 0 Å². The summed E-state index contributed by atoms with van der Waals surface area (Å²) in [4.78, 5) is 33.0. The summed E-state index contributed by atoms with van der Waals surface area (Å²) in [6.45, 7) is 6.67. The van der Waals surface area contributed by atoms with E-state index in [2.05, 4.69) is 9.97 Å². The second-order valence-electron chi connectivity index (χ2n) is 7.15. The molecule has 0 aliphatic carbocycles. The Kier molecular flexibility index (Phi) is 7.84. The molecule has 0 N–H and O–H groups in total. The summed E-state index contributed by atoms with van der Waals surface area (Å²) >= 11 is 5.96. The average Bonchev–Trinajstić information content (AvgIpc) is 2.78. The van der Waals surface area contributed by atoms with Gasteiger partial charge in [-0.25, -0.2) is 19.6 Å². The van der Waals surface area contributed by atoms with Crippen LogP contribution in [0.15, 0.2) is 60.0 Å². The zero-order valence-corrected chi connectivity index (χ0v) is 19.4. The van der Waals surface area contributed by atoms with Crippen molar-refractivity contribution in [3.63, 3.8) is 0 Å². The van der Waals surface area contributed by atoms with Crippen molar-refractivity contribution in [3.05, 3.63) is 65.0 Å². The maximum atomic E-state index is 12.4. The van der Waals surface area contributed by atoms with Gasteiger partial charge < -0.3 is 18.9 Å². The van der Waals surface area contributed by atoms with Crippen LogP contribution < -0.4 is 9.47 Å². The van der Waals surface area contributed by atoms with Gasteiger partial charge >= 0.3 is 11.9 Å². The van der Waals surface area contributed by atoms with Gasteiger partial charge in [-0.05, 0) is 75.7 Å². The van der Waals surface area contributed by atoms with Crippen molar-refractivity contribution >= 4 is 34.6 Å². The van der Waals surface area contributed by atoms with Gasteiger partial charge in [0, 0.05) is 5.02 Å². The summed E-state index contributed by atoms with van der Waals surface area (Å²) in [5, 5.41) is 0.581. The molecule has 0 saturated carbocycles. The largest absolute Gasteiger partial charge is 0.479 e. The van der Waals surface area contributed by atoms with Crippen molar-refractivity contribution in [1.82, 2.24) is 9.97 Å². The van der Waals surface area contributed by atoms with Crippen molar-refractivity contribution in [3.8, 4) is 17.4 Å². The Morgan fingerprint density at radius 3 is 2.39 bits per heavy atom. The molecule has 1 unspecified atom stereocenters. The minimum Gasteiger partial charge on any atom is -0.479 e. The van der Waals surface area contributed by atoms with Gasteiger partial charge in [-0.15, -0.1) is 0 Å². The topological polar surface area (TPSA) is 96.8 Å². The summed E-state index contributed by atoms with van der Waals surface area (Å²) in [6.07, 6.45) is 0.546. The Hall–Kier alpha value is -3.65. The van der Waals surface area contributed by atoms with Crippen LogP contribution in [0.25, 0.3) is 11.0 Å². The number of hydrogen-bond donors (Lipinski definition) is 0. The molecular formula is C24H23ClN2O6. The first-order chi connectivity index (χ1) is 15.8. The standard InChI is InChI=1S/C24H23ClN2O6/c1-5-30-24(29)22(14(2)3)33-23(28)15(4)31-17-7-9-18(10-8-17)32-21-13-26-20-12-16(25)6-11-19(20)27-21/h6-13,15H,5H2,1-4H3. The zero-order valence-electron chi connectivity index (χ0n) is 18.6. The fraction of sp³-hybridized carbons (Fsp3) is 0.250. The normalized spacial score (nSPS) is 11.4. The predicted molar refractivity (Wildman–Crippen MR) is 122 cm³/mol. The molecule has 1 aromatic heterocycles. The number of esters is 2. The number of halogens is 1. The first-order valence-corrected chi connectivity index (χ1v) is 10.6. The Morgan fingerprint density at radius 2 is 1.73 bits per heavy atom. The van der Waals surface area contributed by atoms with Crippen molar-refractivity contribution < 1.29 is 28.5 Å². The number of hydrogen-bond acceptors (Lipinski definition) is 8. The second-order valence-corrected chi connectivity index (χ2v) is 7.58. The molecule has 0 saturated heterocycles. The molecule has 2 aromatic carbocycles. The van der Waals surface area contributed by atoms with Crippen LogP contribution in [-0.4, -0.2) is 34.6 Å². The van der Waals surface area contributed by atoms with E-state index in [-0.39, 0.29) is 12.4 Å². The van der Waals surface area contributed by atoms with Crippen LogP contribution in [0.3, 0.4) is 0 Å². The molecule has 3 rings (SSSR count). The lowest BCUT2D eigenvalue weighted by Crippen LogP contribution is -2.28. The Morgan fingerprint density at radius 1 is 1.03 bits per heavy atom. The van der Waals surface area contributed by atoms with Crippen LogP contribution in [-0.2, 0) is 19.1 Å². The van der Waals surface area contributed by atoms with Gasteiger partial charge in [0.25, 0.3) is 0 Å². The van der Waals surface area contributed by atoms with Crippen LogP contribution in [0.5, 0.6) is 17.4 Å². The van der Waals surface area contributed by atoms with Crippen LogP contribution in [0.1, 0.15) is 27.7 Å². The molecule has 172 valence electrons. The molecule has 0 amide bonds. The van der Waals surface area contributed by atoms with E-state index in [9.17, 15) is 9.59 Å². The minimum atomic E-state index is -0.960. The molecule has 0 fully saturated rings. The predicted octanol–water partition coefficient (Wildman–Crippen LogP) is 5.24. The molecule has 0 bridgehead atoms.